The van der Waals surface area contributed by atoms with Crippen LogP contribution in [0.15, 0.2) is 66.8 Å². The Hall–Kier alpha value is -2.58. The lowest BCUT2D eigenvalue weighted by Crippen LogP contribution is -2.29. The summed E-state index contributed by atoms with van der Waals surface area (Å²) < 4.78 is 0. The minimum absolute atomic E-state index is 0.383. The van der Waals surface area contributed by atoms with E-state index in [-0.39, 0.29) is 0 Å². The number of benzene rings is 2. The minimum Gasteiger partial charge on any atom is -0.398 e. The third kappa shape index (κ3) is 4.38. The van der Waals surface area contributed by atoms with Gasteiger partial charge in [0.15, 0.2) is 0 Å². The Labute approximate surface area is 175 Å². The van der Waals surface area contributed by atoms with Crippen molar-refractivity contribution in [3.63, 3.8) is 0 Å². The van der Waals surface area contributed by atoms with Crippen LogP contribution >= 0.6 is 0 Å². The number of hydrogen-bond acceptors (Lipinski definition) is 2. The van der Waals surface area contributed by atoms with Crippen molar-refractivity contribution < 1.29 is 0 Å². The predicted molar refractivity (Wildman–Crippen MR) is 126 cm³/mol. The first-order valence-corrected chi connectivity index (χ1v) is 10.9. The van der Waals surface area contributed by atoms with E-state index in [0.29, 0.717) is 5.92 Å². The molecular formula is C27H32N2. The van der Waals surface area contributed by atoms with Crippen LogP contribution in [0.1, 0.15) is 54.4 Å². The molecule has 2 nitrogen and oxygen atoms in total. The molecule has 150 valence electrons. The molecule has 2 aromatic rings. The van der Waals surface area contributed by atoms with Crippen LogP contribution in [0.3, 0.4) is 0 Å². The first-order valence-electron chi connectivity index (χ1n) is 10.9. The standard InChI is InChI=1S/C27H32N2/c1-20-11-12-25-24(21(20)2)13-14-27(28)26(25)10-6-7-17-29-18-15-23(16-19-29)22-8-4-3-5-9-22/h3-5,8-9,11-15,21H,1,6-7,10,16-19,28H2,2H3. The van der Waals surface area contributed by atoms with Gasteiger partial charge in [0.1, 0.15) is 0 Å². The molecule has 0 saturated carbocycles. The van der Waals surface area contributed by atoms with Gasteiger partial charge in [-0.1, -0.05) is 68.1 Å². The average Bonchev–Trinajstić information content (AvgIpc) is 2.76. The van der Waals surface area contributed by atoms with Gasteiger partial charge in [0.25, 0.3) is 0 Å². The number of hydrogen-bond donors (Lipinski definition) is 1. The summed E-state index contributed by atoms with van der Waals surface area (Å²) in [5.41, 5.74) is 15.4. The van der Waals surface area contributed by atoms with E-state index in [0.717, 1.165) is 38.2 Å². The smallest absolute Gasteiger partial charge is 0.0352 e. The van der Waals surface area contributed by atoms with Crippen molar-refractivity contribution in [3.8, 4) is 0 Å². The molecule has 29 heavy (non-hydrogen) atoms. The maximum atomic E-state index is 6.35. The van der Waals surface area contributed by atoms with E-state index in [2.05, 4.69) is 79.1 Å². The van der Waals surface area contributed by atoms with Crippen molar-refractivity contribution in [2.24, 2.45) is 0 Å². The summed E-state index contributed by atoms with van der Waals surface area (Å²) >= 11 is 0. The summed E-state index contributed by atoms with van der Waals surface area (Å²) in [6, 6.07) is 15.0. The zero-order valence-electron chi connectivity index (χ0n) is 17.5. The molecule has 0 spiro atoms. The molecule has 1 heterocycles. The van der Waals surface area contributed by atoms with Crippen molar-refractivity contribution in [2.75, 3.05) is 25.4 Å². The van der Waals surface area contributed by atoms with E-state index in [1.807, 2.05) is 0 Å². The van der Waals surface area contributed by atoms with Crippen LogP contribution in [0, 0.1) is 0 Å². The maximum absolute atomic E-state index is 6.35. The van der Waals surface area contributed by atoms with Gasteiger partial charge in [0.2, 0.25) is 0 Å². The van der Waals surface area contributed by atoms with E-state index >= 15 is 0 Å². The lowest BCUT2D eigenvalue weighted by molar-refractivity contribution is 0.295. The predicted octanol–water partition coefficient (Wildman–Crippen LogP) is 6.07. The maximum Gasteiger partial charge on any atom is 0.0352 e. The summed E-state index contributed by atoms with van der Waals surface area (Å²) in [6.07, 6.45) is 11.4. The summed E-state index contributed by atoms with van der Waals surface area (Å²) in [7, 11) is 0. The highest BCUT2D eigenvalue weighted by Gasteiger charge is 2.19. The summed E-state index contributed by atoms with van der Waals surface area (Å²) in [5, 5.41) is 0. The molecule has 2 aromatic carbocycles. The lowest BCUT2D eigenvalue weighted by atomic mass is 9.82. The van der Waals surface area contributed by atoms with Gasteiger partial charge in [-0.3, -0.25) is 4.90 Å². The molecule has 0 fully saturated rings. The molecule has 0 amide bonds. The molecule has 4 rings (SSSR count). The third-order valence-corrected chi connectivity index (χ3v) is 6.50. The molecule has 2 N–H and O–H groups in total. The van der Waals surface area contributed by atoms with Crippen LogP contribution in [0.5, 0.6) is 0 Å². The Balaban J connectivity index is 1.31. The van der Waals surface area contributed by atoms with E-state index < -0.39 is 0 Å². The monoisotopic (exact) mass is 384 g/mol. The first kappa shape index (κ1) is 19.7. The molecule has 0 saturated heterocycles. The SMILES string of the molecule is C=C1C=Cc2c(ccc(N)c2CCCCN2CC=C(c3ccccc3)CC2)C1C. The van der Waals surface area contributed by atoms with Gasteiger partial charge < -0.3 is 5.73 Å². The van der Waals surface area contributed by atoms with Crippen LogP contribution in [0.25, 0.3) is 11.6 Å². The Bertz CT molecular complexity index is 937. The second-order valence-corrected chi connectivity index (χ2v) is 8.37. The number of fused-ring (bicyclic) bond motifs is 1. The van der Waals surface area contributed by atoms with Gasteiger partial charge in [-0.2, -0.15) is 0 Å². The number of rotatable bonds is 6. The fourth-order valence-corrected chi connectivity index (χ4v) is 4.55. The molecule has 1 unspecified atom stereocenters. The Morgan fingerprint density at radius 3 is 2.66 bits per heavy atom. The number of unbranched alkanes of at least 4 members (excludes halogenated alkanes) is 1. The Morgan fingerprint density at radius 1 is 1.07 bits per heavy atom. The summed E-state index contributed by atoms with van der Waals surface area (Å²) in [5.74, 6) is 0.383. The van der Waals surface area contributed by atoms with Gasteiger partial charge in [-0.15, -0.1) is 0 Å². The largest absolute Gasteiger partial charge is 0.398 e. The molecule has 1 aliphatic carbocycles. The highest BCUT2D eigenvalue weighted by molar-refractivity contribution is 5.71. The van der Waals surface area contributed by atoms with Gasteiger partial charge >= 0.3 is 0 Å². The quantitative estimate of drug-likeness (QED) is 0.484. The van der Waals surface area contributed by atoms with Crippen LogP contribution in [-0.4, -0.2) is 24.5 Å². The zero-order chi connectivity index (χ0) is 20.2. The normalized spacial score (nSPS) is 19.1. The molecule has 1 aliphatic heterocycles. The highest BCUT2D eigenvalue weighted by atomic mass is 15.1. The van der Waals surface area contributed by atoms with Crippen molar-refractivity contribution >= 4 is 17.3 Å². The minimum atomic E-state index is 0.383. The molecule has 0 aromatic heterocycles. The molecule has 0 radical (unpaired) electrons. The first-order chi connectivity index (χ1) is 14.1. The number of nitrogens with zero attached hydrogens (tertiary/aromatic N) is 1. The van der Waals surface area contributed by atoms with E-state index in [4.69, 9.17) is 5.73 Å². The Morgan fingerprint density at radius 2 is 1.90 bits per heavy atom. The molecule has 0 bridgehead atoms. The topological polar surface area (TPSA) is 29.3 Å². The molecule has 1 atom stereocenters. The van der Waals surface area contributed by atoms with Crippen LogP contribution in [0.4, 0.5) is 5.69 Å². The summed E-state index contributed by atoms with van der Waals surface area (Å²) in [4.78, 5) is 2.57. The second-order valence-electron chi connectivity index (χ2n) is 8.37. The van der Waals surface area contributed by atoms with Gasteiger partial charge in [-0.05, 0) is 71.7 Å². The number of nitrogen functional groups attached to an aromatic ring is 1. The van der Waals surface area contributed by atoms with Crippen LogP contribution in [-0.2, 0) is 6.42 Å². The fraction of sp³-hybridized carbons (Fsp3) is 0.333. The Kier molecular flexibility index (Phi) is 6.01. The number of allylic oxidation sites excluding steroid dienone is 2. The van der Waals surface area contributed by atoms with Crippen molar-refractivity contribution in [1.29, 1.82) is 0 Å². The number of anilines is 1. The molecule has 2 heteroatoms. The van der Waals surface area contributed by atoms with Crippen molar-refractivity contribution in [3.05, 3.63) is 89.0 Å². The molecular weight excluding hydrogens is 352 g/mol. The zero-order valence-corrected chi connectivity index (χ0v) is 17.5. The van der Waals surface area contributed by atoms with Crippen molar-refractivity contribution in [1.82, 2.24) is 4.90 Å². The van der Waals surface area contributed by atoms with E-state index in [1.165, 1.54) is 46.2 Å². The lowest BCUT2D eigenvalue weighted by Gasteiger charge is -2.27. The highest BCUT2D eigenvalue weighted by Crippen LogP contribution is 2.36. The molecule has 2 aliphatic rings. The van der Waals surface area contributed by atoms with Gasteiger partial charge in [-0.25, -0.2) is 0 Å². The van der Waals surface area contributed by atoms with Gasteiger partial charge in [0.05, 0.1) is 0 Å². The van der Waals surface area contributed by atoms with E-state index in [9.17, 15) is 0 Å². The van der Waals surface area contributed by atoms with Crippen molar-refractivity contribution in [2.45, 2.75) is 38.5 Å². The number of nitrogens with two attached hydrogens (primary N) is 1. The second kappa shape index (κ2) is 8.84. The van der Waals surface area contributed by atoms with Crippen LogP contribution < -0.4 is 5.73 Å². The third-order valence-electron chi connectivity index (χ3n) is 6.50. The van der Waals surface area contributed by atoms with E-state index in [1.54, 1.807) is 0 Å². The fourth-order valence-electron chi connectivity index (χ4n) is 4.55. The van der Waals surface area contributed by atoms with Crippen LogP contribution in [0.2, 0.25) is 0 Å². The average molecular weight is 385 g/mol. The van der Waals surface area contributed by atoms with Gasteiger partial charge in [0, 0.05) is 24.7 Å². The summed E-state index contributed by atoms with van der Waals surface area (Å²) in [6.45, 7) is 9.79.